The molecule has 1 aliphatic heterocycles. The molecule has 0 spiro atoms. The third-order valence-electron chi connectivity index (χ3n) is 5.27. The number of benzene rings is 1. The first kappa shape index (κ1) is 19.5. The van der Waals surface area contributed by atoms with E-state index in [4.69, 9.17) is 22.1 Å². The lowest BCUT2D eigenvalue weighted by atomic mass is 10.2. The van der Waals surface area contributed by atoms with Gasteiger partial charge < -0.3 is 19.1 Å². The third kappa shape index (κ3) is 4.15. The van der Waals surface area contributed by atoms with Gasteiger partial charge in [-0.05, 0) is 49.5 Å². The monoisotopic (exact) mass is 412 g/mol. The molecule has 3 heterocycles. The van der Waals surface area contributed by atoms with Crippen LogP contribution < -0.4 is 14.5 Å². The molecular weight excluding hydrogens is 386 g/mol. The zero-order valence-electron chi connectivity index (χ0n) is 16.8. The Hall–Kier alpha value is -2.78. The summed E-state index contributed by atoms with van der Waals surface area (Å²) in [6, 6.07) is 9.80. The van der Waals surface area contributed by atoms with Crippen LogP contribution in [0.5, 0.6) is 5.75 Å². The second-order valence-corrected chi connectivity index (χ2v) is 7.39. The summed E-state index contributed by atoms with van der Waals surface area (Å²) in [7, 11) is 1.67. The normalized spacial score (nSPS) is 14.9. The molecule has 2 aromatic heterocycles. The van der Waals surface area contributed by atoms with Crippen LogP contribution in [0.4, 0.5) is 5.95 Å². The average Bonchev–Trinajstić information content (AvgIpc) is 3.10. The first-order chi connectivity index (χ1) is 14.2. The highest BCUT2D eigenvalue weighted by atomic mass is 32.1. The Balaban J connectivity index is 1.48. The number of ether oxygens (including phenoxy) is 1. The molecule has 0 radical (unpaired) electrons. The predicted molar refractivity (Wildman–Crippen MR) is 114 cm³/mol. The maximum absolute atomic E-state index is 5.72. The number of hydrogen-bond donors (Lipinski definition) is 1. The lowest BCUT2D eigenvalue weighted by Crippen LogP contribution is -3.14. The molecule has 1 N–H and O–H groups in total. The molecule has 0 aliphatic carbocycles. The number of methoxy groups -OCH3 is 1. The van der Waals surface area contributed by atoms with Crippen molar-refractivity contribution in [3.8, 4) is 17.1 Å². The van der Waals surface area contributed by atoms with E-state index in [1.54, 1.807) is 19.5 Å². The third-order valence-corrected chi connectivity index (χ3v) is 5.70. The number of quaternary nitrogens is 1. The van der Waals surface area contributed by atoms with Crippen molar-refractivity contribution in [2.24, 2.45) is 0 Å². The maximum Gasteiger partial charge on any atom is 0.225 e. The van der Waals surface area contributed by atoms with Gasteiger partial charge in [0, 0.05) is 24.5 Å². The molecule has 152 valence electrons. The zero-order chi connectivity index (χ0) is 20.2. The summed E-state index contributed by atoms with van der Waals surface area (Å²) in [4.78, 5) is 12.4. The van der Waals surface area contributed by atoms with Crippen LogP contribution in [0, 0.1) is 4.77 Å². The van der Waals surface area contributed by atoms with Crippen molar-refractivity contribution >= 4 is 18.2 Å². The summed E-state index contributed by atoms with van der Waals surface area (Å²) in [5.41, 5.74) is 1.04. The van der Waals surface area contributed by atoms with Crippen LogP contribution in [-0.4, -0.2) is 57.6 Å². The highest BCUT2D eigenvalue weighted by Crippen LogP contribution is 2.21. The van der Waals surface area contributed by atoms with E-state index in [0.717, 1.165) is 67.2 Å². The molecule has 0 amide bonds. The van der Waals surface area contributed by atoms with Gasteiger partial charge in [0.25, 0.3) is 0 Å². The Bertz CT molecular complexity index is 992. The fraction of sp³-hybridized carbons (Fsp3) is 0.400. The van der Waals surface area contributed by atoms with E-state index in [1.165, 1.54) is 4.90 Å². The van der Waals surface area contributed by atoms with Gasteiger partial charge in [-0.25, -0.2) is 9.97 Å². The number of aromatic nitrogens is 5. The minimum absolute atomic E-state index is 0.762. The number of anilines is 1. The molecule has 4 rings (SSSR count). The summed E-state index contributed by atoms with van der Waals surface area (Å²) < 4.78 is 10.1. The highest BCUT2D eigenvalue weighted by Gasteiger charge is 2.23. The van der Waals surface area contributed by atoms with Gasteiger partial charge in [0.2, 0.25) is 10.7 Å². The van der Waals surface area contributed by atoms with E-state index in [-0.39, 0.29) is 0 Å². The smallest absolute Gasteiger partial charge is 0.225 e. The Morgan fingerprint density at radius 1 is 1.10 bits per heavy atom. The van der Waals surface area contributed by atoms with Crippen molar-refractivity contribution in [2.75, 3.05) is 38.2 Å². The van der Waals surface area contributed by atoms with Gasteiger partial charge in [0.15, 0.2) is 12.5 Å². The minimum atomic E-state index is 0.762. The Kier molecular flexibility index (Phi) is 5.86. The van der Waals surface area contributed by atoms with E-state index in [1.807, 2.05) is 35.0 Å². The van der Waals surface area contributed by atoms with Crippen LogP contribution in [0.25, 0.3) is 11.4 Å². The number of hydrogen-bond acceptors (Lipinski definition) is 6. The Morgan fingerprint density at radius 2 is 1.79 bits per heavy atom. The fourth-order valence-corrected chi connectivity index (χ4v) is 3.95. The first-order valence-electron chi connectivity index (χ1n) is 9.87. The number of rotatable bonds is 6. The Labute approximate surface area is 175 Å². The van der Waals surface area contributed by atoms with Crippen LogP contribution >= 0.6 is 12.2 Å². The van der Waals surface area contributed by atoms with Gasteiger partial charge in [-0.1, -0.05) is 0 Å². The van der Waals surface area contributed by atoms with E-state index in [0.29, 0.717) is 0 Å². The number of piperazine rings is 1. The summed E-state index contributed by atoms with van der Waals surface area (Å²) in [5.74, 6) is 2.54. The van der Waals surface area contributed by atoms with Gasteiger partial charge in [0.05, 0.1) is 33.3 Å². The molecule has 0 saturated carbocycles. The molecule has 1 fully saturated rings. The number of nitrogens with zero attached hydrogens (tertiary/aromatic N) is 6. The van der Waals surface area contributed by atoms with Gasteiger partial charge in [0.1, 0.15) is 5.75 Å². The van der Waals surface area contributed by atoms with Gasteiger partial charge >= 0.3 is 0 Å². The largest absolute Gasteiger partial charge is 0.497 e. The van der Waals surface area contributed by atoms with Crippen molar-refractivity contribution in [1.82, 2.24) is 24.3 Å². The molecule has 1 aromatic carbocycles. The number of nitrogens with one attached hydrogen (secondary N) is 1. The summed E-state index contributed by atoms with van der Waals surface area (Å²) >= 11 is 5.72. The second-order valence-electron chi connectivity index (χ2n) is 7.02. The molecule has 1 aliphatic rings. The molecule has 0 atom stereocenters. The summed E-state index contributed by atoms with van der Waals surface area (Å²) in [6.45, 7) is 7.49. The average molecular weight is 413 g/mol. The van der Waals surface area contributed by atoms with Crippen LogP contribution in [0.3, 0.4) is 0 Å². The molecule has 29 heavy (non-hydrogen) atoms. The summed E-state index contributed by atoms with van der Waals surface area (Å²) in [6.07, 6.45) is 3.58. The quantitative estimate of drug-likeness (QED) is 0.615. The predicted octanol–water partition coefficient (Wildman–Crippen LogP) is 1.26. The van der Waals surface area contributed by atoms with E-state index in [2.05, 4.69) is 26.4 Å². The van der Waals surface area contributed by atoms with Gasteiger partial charge in [-0.15, -0.1) is 5.10 Å². The van der Waals surface area contributed by atoms with Crippen molar-refractivity contribution in [1.29, 1.82) is 0 Å². The topological polar surface area (TPSA) is 65.4 Å². The lowest BCUT2D eigenvalue weighted by molar-refractivity contribution is -0.924. The van der Waals surface area contributed by atoms with Gasteiger partial charge in [-0.3, -0.25) is 0 Å². The van der Waals surface area contributed by atoms with Crippen LogP contribution in [0.15, 0.2) is 42.7 Å². The molecule has 0 unspecified atom stereocenters. The molecule has 9 heteroatoms. The van der Waals surface area contributed by atoms with Crippen LogP contribution in [0.2, 0.25) is 0 Å². The molecule has 3 aromatic rings. The molecule has 8 nitrogen and oxygen atoms in total. The minimum Gasteiger partial charge on any atom is -0.497 e. The van der Waals surface area contributed by atoms with Crippen molar-refractivity contribution in [2.45, 2.75) is 20.1 Å². The fourth-order valence-electron chi connectivity index (χ4n) is 3.63. The molecule has 1 saturated heterocycles. The second kappa shape index (κ2) is 8.71. The van der Waals surface area contributed by atoms with E-state index < -0.39 is 0 Å². The first-order valence-corrected chi connectivity index (χ1v) is 10.3. The maximum atomic E-state index is 5.72. The highest BCUT2D eigenvalue weighted by molar-refractivity contribution is 7.71. The van der Waals surface area contributed by atoms with E-state index in [9.17, 15) is 0 Å². The lowest BCUT2D eigenvalue weighted by Gasteiger charge is -2.31. The van der Waals surface area contributed by atoms with Gasteiger partial charge in [-0.2, -0.15) is 4.68 Å². The standard InChI is InChI=1S/C20H25N7OS/c1-3-26-18(16-5-7-17(28-2)8-6-16)23-27(20(26)29)15-24-11-13-25(14-12-24)19-21-9-4-10-22-19/h4-10H,3,11-15H2,1-2H3/p+1. The Morgan fingerprint density at radius 3 is 2.41 bits per heavy atom. The molecular formula is C20H26N7OS+. The summed E-state index contributed by atoms with van der Waals surface area (Å²) in [5, 5.41) is 4.85. The van der Waals surface area contributed by atoms with E-state index >= 15 is 0 Å². The van der Waals surface area contributed by atoms with Crippen molar-refractivity contribution < 1.29 is 9.64 Å². The SMILES string of the molecule is CCn1c(-c2ccc(OC)cc2)nn(C[NH+]2CCN(c3ncccn3)CC2)c1=S. The molecule has 0 bridgehead atoms. The van der Waals surface area contributed by atoms with Crippen LogP contribution in [0.1, 0.15) is 6.92 Å². The van der Waals surface area contributed by atoms with Crippen molar-refractivity contribution in [3.05, 3.63) is 47.5 Å². The van der Waals surface area contributed by atoms with Crippen molar-refractivity contribution in [3.63, 3.8) is 0 Å². The van der Waals surface area contributed by atoms with Crippen LogP contribution in [-0.2, 0) is 13.2 Å². The zero-order valence-corrected chi connectivity index (χ0v) is 17.6.